The molecule has 0 saturated carbocycles. The van der Waals surface area contributed by atoms with Crippen molar-refractivity contribution in [2.24, 2.45) is 0 Å². The van der Waals surface area contributed by atoms with Gasteiger partial charge in [0.15, 0.2) is 0 Å². The summed E-state index contributed by atoms with van der Waals surface area (Å²) in [5.74, 6) is 3.21. The standard InChI is InChI=1S/C25H35N7O2/c1-6-24(33)26-19-9-7-18(8-10-19)12-20-27-21(28-22-11-17(4)30-31-22)13-23(29-20)32-14-25(5,15-32)34-16(2)3/h7-11,13,16-17,30-31H,6,12,14-15H2,1-5H3,(H,26,33)(H,27,28,29). The molecule has 1 saturated heterocycles. The minimum absolute atomic E-state index is 0.00105. The Bertz CT molecular complexity index is 1050. The summed E-state index contributed by atoms with van der Waals surface area (Å²) in [5, 5.41) is 6.24. The van der Waals surface area contributed by atoms with E-state index in [4.69, 9.17) is 14.7 Å². The maximum Gasteiger partial charge on any atom is 0.224 e. The van der Waals surface area contributed by atoms with E-state index in [0.717, 1.165) is 47.6 Å². The second-order valence-corrected chi connectivity index (χ2v) is 9.54. The molecule has 1 amide bonds. The lowest BCUT2D eigenvalue weighted by Gasteiger charge is -2.49. The van der Waals surface area contributed by atoms with Crippen LogP contribution in [-0.4, -0.2) is 46.7 Å². The molecule has 3 heterocycles. The molecule has 1 aromatic heterocycles. The van der Waals surface area contributed by atoms with E-state index < -0.39 is 0 Å². The number of ether oxygens (including phenoxy) is 1. The van der Waals surface area contributed by atoms with E-state index in [1.807, 2.05) is 37.3 Å². The summed E-state index contributed by atoms with van der Waals surface area (Å²) >= 11 is 0. The first kappa shape index (κ1) is 24.0. The SMILES string of the molecule is CCC(=O)Nc1ccc(Cc2nc(NC3=CC(C)NN3)cc(N3CC(C)(OC(C)C)C3)n2)cc1. The zero-order chi connectivity index (χ0) is 24.3. The quantitative estimate of drug-likeness (QED) is 0.448. The van der Waals surface area contributed by atoms with Gasteiger partial charge < -0.3 is 25.7 Å². The first-order valence-electron chi connectivity index (χ1n) is 11.9. The Morgan fingerprint density at radius 3 is 2.62 bits per heavy atom. The van der Waals surface area contributed by atoms with E-state index in [0.29, 0.717) is 12.8 Å². The monoisotopic (exact) mass is 465 g/mol. The summed E-state index contributed by atoms with van der Waals surface area (Å²) in [5.41, 5.74) is 7.98. The largest absolute Gasteiger partial charge is 0.369 e. The van der Waals surface area contributed by atoms with Crippen molar-refractivity contribution >= 4 is 23.2 Å². The van der Waals surface area contributed by atoms with E-state index >= 15 is 0 Å². The average molecular weight is 466 g/mol. The molecule has 1 aromatic carbocycles. The minimum atomic E-state index is -0.166. The molecule has 4 N–H and O–H groups in total. The fraction of sp³-hybridized carbons (Fsp3) is 0.480. The molecular weight excluding hydrogens is 430 g/mol. The van der Waals surface area contributed by atoms with Crippen LogP contribution in [0.25, 0.3) is 0 Å². The van der Waals surface area contributed by atoms with Crippen molar-refractivity contribution in [3.8, 4) is 0 Å². The van der Waals surface area contributed by atoms with Gasteiger partial charge in [-0.05, 0) is 51.5 Å². The highest BCUT2D eigenvalue weighted by atomic mass is 16.5. The maximum absolute atomic E-state index is 11.6. The van der Waals surface area contributed by atoms with Crippen LogP contribution in [-0.2, 0) is 16.0 Å². The molecular formula is C25H35N7O2. The van der Waals surface area contributed by atoms with Crippen LogP contribution in [0.4, 0.5) is 17.3 Å². The third kappa shape index (κ3) is 6.03. The summed E-state index contributed by atoms with van der Waals surface area (Å²) in [4.78, 5) is 23.5. The van der Waals surface area contributed by atoms with Crippen molar-refractivity contribution in [3.63, 3.8) is 0 Å². The predicted octanol–water partition coefficient (Wildman–Crippen LogP) is 3.17. The first-order chi connectivity index (χ1) is 16.2. The normalized spacial score (nSPS) is 18.8. The van der Waals surface area contributed by atoms with E-state index in [1.165, 1.54) is 0 Å². The lowest BCUT2D eigenvalue weighted by molar-refractivity contribution is -0.115. The molecule has 2 aliphatic rings. The molecule has 9 nitrogen and oxygen atoms in total. The van der Waals surface area contributed by atoms with Crippen LogP contribution in [0.1, 0.15) is 52.4 Å². The second kappa shape index (κ2) is 9.99. The Morgan fingerprint density at radius 1 is 1.26 bits per heavy atom. The lowest BCUT2D eigenvalue weighted by atomic mass is 9.96. The van der Waals surface area contributed by atoms with Gasteiger partial charge in [-0.2, -0.15) is 0 Å². The lowest BCUT2D eigenvalue weighted by Crippen LogP contribution is -2.62. The Kier molecular flexibility index (Phi) is 7.04. The van der Waals surface area contributed by atoms with Gasteiger partial charge in [-0.1, -0.05) is 19.1 Å². The highest BCUT2D eigenvalue weighted by molar-refractivity contribution is 5.90. The molecule has 1 unspecified atom stereocenters. The van der Waals surface area contributed by atoms with Crippen molar-refractivity contribution in [3.05, 3.63) is 53.6 Å². The second-order valence-electron chi connectivity index (χ2n) is 9.54. The fourth-order valence-electron chi connectivity index (χ4n) is 4.23. The Balaban J connectivity index is 1.52. The zero-order valence-electron chi connectivity index (χ0n) is 20.6. The van der Waals surface area contributed by atoms with Gasteiger partial charge in [-0.15, -0.1) is 0 Å². The number of nitrogens with one attached hydrogen (secondary N) is 4. The minimum Gasteiger partial charge on any atom is -0.369 e. The van der Waals surface area contributed by atoms with Gasteiger partial charge in [0.05, 0.1) is 6.10 Å². The summed E-state index contributed by atoms with van der Waals surface area (Å²) in [6.45, 7) is 11.7. The van der Waals surface area contributed by atoms with Crippen LogP contribution in [0, 0.1) is 0 Å². The third-order valence-electron chi connectivity index (χ3n) is 5.69. The van der Waals surface area contributed by atoms with Crippen molar-refractivity contribution in [1.29, 1.82) is 0 Å². The van der Waals surface area contributed by atoms with E-state index in [1.54, 1.807) is 0 Å². The fourth-order valence-corrected chi connectivity index (χ4v) is 4.23. The summed E-state index contributed by atoms with van der Waals surface area (Å²) in [6, 6.07) is 10.0. The van der Waals surface area contributed by atoms with E-state index in [-0.39, 0.29) is 23.7 Å². The van der Waals surface area contributed by atoms with Gasteiger partial charge in [0, 0.05) is 43.7 Å². The molecule has 4 rings (SSSR count). The predicted molar refractivity (Wildman–Crippen MR) is 134 cm³/mol. The number of anilines is 3. The van der Waals surface area contributed by atoms with E-state index in [2.05, 4.69) is 60.2 Å². The zero-order valence-corrected chi connectivity index (χ0v) is 20.6. The summed E-state index contributed by atoms with van der Waals surface area (Å²) in [7, 11) is 0. The average Bonchev–Trinajstić information content (AvgIpc) is 3.17. The molecule has 1 atom stereocenters. The highest BCUT2D eigenvalue weighted by Gasteiger charge is 2.41. The number of carbonyl (C=O) groups is 1. The molecule has 1 fully saturated rings. The number of amides is 1. The molecule has 2 aromatic rings. The number of benzene rings is 1. The van der Waals surface area contributed by atoms with Crippen molar-refractivity contribution in [2.75, 3.05) is 28.6 Å². The number of aromatic nitrogens is 2. The molecule has 0 bridgehead atoms. The molecule has 0 radical (unpaired) electrons. The molecule has 0 aliphatic carbocycles. The van der Waals surface area contributed by atoms with Crippen LogP contribution in [0.3, 0.4) is 0 Å². The molecule has 182 valence electrons. The van der Waals surface area contributed by atoms with Crippen molar-refractivity contribution < 1.29 is 9.53 Å². The summed E-state index contributed by atoms with van der Waals surface area (Å²) in [6.07, 6.45) is 3.29. The first-order valence-corrected chi connectivity index (χ1v) is 11.9. The number of hydrazine groups is 1. The number of hydrogen-bond donors (Lipinski definition) is 4. The number of hydrogen-bond acceptors (Lipinski definition) is 8. The van der Waals surface area contributed by atoms with Crippen molar-refractivity contribution in [1.82, 2.24) is 20.8 Å². The van der Waals surface area contributed by atoms with Crippen LogP contribution in [0.5, 0.6) is 0 Å². The Morgan fingerprint density at radius 2 is 2.00 bits per heavy atom. The van der Waals surface area contributed by atoms with Crippen molar-refractivity contribution in [2.45, 2.75) is 65.2 Å². The Hall–Kier alpha value is -3.17. The van der Waals surface area contributed by atoms with E-state index in [9.17, 15) is 4.79 Å². The highest BCUT2D eigenvalue weighted by Crippen LogP contribution is 2.31. The number of rotatable bonds is 9. The van der Waals surface area contributed by atoms with Gasteiger partial charge in [-0.25, -0.2) is 15.4 Å². The Labute approximate surface area is 201 Å². The van der Waals surface area contributed by atoms with Crippen LogP contribution in [0.2, 0.25) is 0 Å². The van der Waals surface area contributed by atoms with Gasteiger partial charge in [0.25, 0.3) is 0 Å². The van der Waals surface area contributed by atoms with Gasteiger partial charge in [0.1, 0.15) is 28.9 Å². The summed E-state index contributed by atoms with van der Waals surface area (Å²) < 4.78 is 6.09. The van der Waals surface area contributed by atoms with Gasteiger partial charge >= 0.3 is 0 Å². The van der Waals surface area contributed by atoms with Crippen LogP contribution in [0.15, 0.2) is 42.2 Å². The van der Waals surface area contributed by atoms with Gasteiger partial charge in [0.2, 0.25) is 5.91 Å². The number of carbonyl (C=O) groups excluding carboxylic acids is 1. The smallest absolute Gasteiger partial charge is 0.224 e. The number of nitrogens with zero attached hydrogens (tertiary/aromatic N) is 3. The van der Waals surface area contributed by atoms with Gasteiger partial charge in [-0.3, -0.25) is 4.79 Å². The van der Waals surface area contributed by atoms with Crippen LogP contribution < -0.4 is 26.4 Å². The molecule has 34 heavy (non-hydrogen) atoms. The molecule has 9 heteroatoms. The molecule has 2 aliphatic heterocycles. The van der Waals surface area contributed by atoms with Crippen LogP contribution >= 0.6 is 0 Å². The third-order valence-corrected chi connectivity index (χ3v) is 5.69. The topological polar surface area (TPSA) is 103 Å². The maximum atomic E-state index is 11.6. The molecule has 0 spiro atoms.